The number of imide groups is 2. The number of nitrogens with one attached hydrogen (secondary N) is 1. The minimum atomic E-state index is -1.05. The molecule has 1 aliphatic rings. The van der Waals surface area contributed by atoms with Crippen LogP contribution in [0, 0.1) is 20.2 Å². The molecule has 0 radical (unpaired) electrons. The normalized spacial score (nSPS) is 15.4. The molecule has 0 bridgehead atoms. The summed E-state index contributed by atoms with van der Waals surface area (Å²) in [6.07, 6.45) is 1.02. The van der Waals surface area contributed by atoms with E-state index in [-0.39, 0.29) is 16.9 Å². The topological polar surface area (TPSA) is 173 Å². The number of phenols is 1. The maximum absolute atomic E-state index is 12.7. The highest BCUT2D eigenvalue weighted by molar-refractivity contribution is 6.39. The highest BCUT2D eigenvalue weighted by Crippen LogP contribution is 2.28. The molecule has 12 nitrogen and oxygen atoms in total. The van der Waals surface area contributed by atoms with E-state index in [1.54, 1.807) is 0 Å². The second-order valence-corrected chi connectivity index (χ2v) is 5.74. The lowest BCUT2D eigenvalue weighted by molar-refractivity contribution is -0.385. The number of rotatable bonds is 4. The van der Waals surface area contributed by atoms with Crippen LogP contribution in [0.25, 0.3) is 6.08 Å². The van der Waals surface area contributed by atoms with Gasteiger partial charge in [-0.2, -0.15) is 0 Å². The molecule has 0 atom stereocenters. The molecular weight excluding hydrogens is 388 g/mol. The Morgan fingerprint density at radius 2 is 1.62 bits per heavy atom. The van der Waals surface area contributed by atoms with Crippen LogP contribution in [0.4, 0.5) is 21.9 Å². The summed E-state index contributed by atoms with van der Waals surface area (Å²) < 4.78 is 0. The molecule has 0 spiro atoms. The minimum absolute atomic E-state index is 0.0202. The first kappa shape index (κ1) is 19.2. The molecular formula is C17H10N4O8. The fraction of sp³-hybridized carbons (Fsp3) is 0. The number of hydrogen-bond donors (Lipinski definition) is 2. The molecule has 2 N–H and O–H groups in total. The maximum Gasteiger partial charge on any atom is 0.335 e. The summed E-state index contributed by atoms with van der Waals surface area (Å²) in [7, 11) is 0. The highest BCUT2D eigenvalue weighted by Gasteiger charge is 2.37. The second-order valence-electron chi connectivity index (χ2n) is 5.74. The van der Waals surface area contributed by atoms with Gasteiger partial charge >= 0.3 is 11.7 Å². The Kier molecular flexibility index (Phi) is 4.75. The summed E-state index contributed by atoms with van der Waals surface area (Å²) in [6.45, 7) is 0. The van der Waals surface area contributed by atoms with Crippen LogP contribution in [0.2, 0.25) is 0 Å². The van der Waals surface area contributed by atoms with Crippen molar-refractivity contribution in [2.75, 3.05) is 4.90 Å². The molecule has 3 rings (SSSR count). The number of hydrogen-bond acceptors (Lipinski definition) is 8. The average molecular weight is 398 g/mol. The van der Waals surface area contributed by atoms with Gasteiger partial charge in [0.25, 0.3) is 17.5 Å². The Morgan fingerprint density at radius 3 is 2.21 bits per heavy atom. The van der Waals surface area contributed by atoms with Crippen LogP contribution in [0.15, 0.2) is 48.0 Å². The van der Waals surface area contributed by atoms with Gasteiger partial charge in [-0.05, 0) is 29.8 Å². The number of phenolic OH excluding ortho intramolecular Hbond substituents is 1. The van der Waals surface area contributed by atoms with Crippen molar-refractivity contribution >= 4 is 41.0 Å². The summed E-state index contributed by atoms with van der Waals surface area (Å²) in [5.41, 5.74) is -1.35. The van der Waals surface area contributed by atoms with Gasteiger partial charge in [-0.1, -0.05) is 6.07 Å². The van der Waals surface area contributed by atoms with Crippen molar-refractivity contribution in [1.82, 2.24) is 5.32 Å². The first-order chi connectivity index (χ1) is 13.7. The Hall–Kier alpha value is -4.61. The van der Waals surface area contributed by atoms with E-state index in [4.69, 9.17) is 0 Å². The fourth-order valence-electron chi connectivity index (χ4n) is 2.56. The summed E-state index contributed by atoms with van der Waals surface area (Å²) in [5.74, 6) is -2.64. The van der Waals surface area contributed by atoms with E-state index in [2.05, 4.69) is 0 Å². The average Bonchev–Trinajstić information content (AvgIpc) is 2.66. The summed E-state index contributed by atoms with van der Waals surface area (Å²) in [4.78, 5) is 57.7. The number of aromatic hydroxyl groups is 1. The van der Waals surface area contributed by atoms with E-state index >= 15 is 0 Å². The Morgan fingerprint density at radius 1 is 0.966 bits per heavy atom. The molecule has 0 saturated carbocycles. The minimum Gasteiger partial charge on any atom is -0.502 e. The van der Waals surface area contributed by atoms with Crippen LogP contribution in [0.1, 0.15) is 5.56 Å². The molecule has 0 aliphatic carbocycles. The molecule has 0 unspecified atom stereocenters. The van der Waals surface area contributed by atoms with Crippen LogP contribution in [-0.4, -0.2) is 32.8 Å². The number of benzene rings is 2. The number of barbiturate groups is 1. The van der Waals surface area contributed by atoms with Gasteiger partial charge in [0, 0.05) is 18.2 Å². The molecule has 1 aliphatic heterocycles. The van der Waals surface area contributed by atoms with E-state index < -0.39 is 44.7 Å². The lowest BCUT2D eigenvalue weighted by Crippen LogP contribution is -2.54. The zero-order chi connectivity index (χ0) is 21.3. The third kappa shape index (κ3) is 3.62. The largest absolute Gasteiger partial charge is 0.502 e. The number of amides is 4. The van der Waals surface area contributed by atoms with Gasteiger partial charge in [-0.15, -0.1) is 0 Å². The van der Waals surface area contributed by atoms with E-state index in [1.165, 1.54) is 6.07 Å². The number of urea groups is 1. The number of anilines is 1. The van der Waals surface area contributed by atoms with Gasteiger partial charge in [0.1, 0.15) is 5.57 Å². The zero-order valence-electron chi connectivity index (χ0n) is 14.3. The van der Waals surface area contributed by atoms with Crippen LogP contribution in [0.3, 0.4) is 0 Å². The number of non-ortho nitro benzene ring substituents is 1. The van der Waals surface area contributed by atoms with Crippen molar-refractivity contribution in [3.8, 4) is 5.75 Å². The fourth-order valence-corrected chi connectivity index (χ4v) is 2.56. The van der Waals surface area contributed by atoms with Gasteiger partial charge in [-0.25, -0.2) is 9.69 Å². The molecule has 2 aromatic carbocycles. The number of nitro benzene ring substituents is 2. The Bertz CT molecular complexity index is 1110. The van der Waals surface area contributed by atoms with Crippen LogP contribution in [-0.2, 0) is 9.59 Å². The van der Waals surface area contributed by atoms with E-state index in [0.29, 0.717) is 4.90 Å². The van der Waals surface area contributed by atoms with Gasteiger partial charge in [0.15, 0.2) is 5.75 Å². The van der Waals surface area contributed by atoms with Crippen LogP contribution in [0.5, 0.6) is 5.75 Å². The number of carbonyl (C=O) groups excluding carboxylic acids is 3. The Labute approximate surface area is 161 Å². The number of carbonyl (C=O) groups is 3. The molecule has 1 fully saturated rings. The summed E-state index contributed by atoms with van der Waals surface area (Å²) in [5, 5.41) is 33.1. The molecule has 29 heavy (non-hydrogen) atoms. The number of nitro groups is 2. The van der Waals surface area contributed by atoms with Crippen LogP contribution >= 0.6 is 0 Å². The lowest BCUT2D eigenvalue weighted by atomic mass is 10.1. The molecule has 0 aromatic heterocycles. The summed E-state index contributed by atoms with van der Waals surface area (Å²) in [6, 6.07) is 6.65. The van der Waals surface area contributed by atoms with E-state index in [0.717, 1.165) is 42.5 Å². The molecule has 4 amide bonds. The number of nitrogens with zero attached hydrogens (tertiary/aromatic N) is 3. The predicted octanol–water partition coefficient (Wildman–Crippen LogP) is 1.88. The van der Waals surface area contributed by atoms with Crippen molar-refractivity contribution in [2.45, 2.75) is 0 Å². The van der Waals surface area contributed by atoms with Crippen molar-refractivity contribution in [2.24, 2.45) is 0 Å². The molecule has 1 heterocycles. The zero-order valence-corrected chi connectivity index (χ0v) is 14.3. The standard InChI is InChI=1S/C17H10N4O8/c22-14-6-1-9(8-13(14)21(28)29)7-12-15(23)18-17(25)19(16(12)24)10-2-4-11(5-3-10)20(26)27/h1-8,22H,(H,18,23,25)/b12-7+. The quantitative estimate of drug-likeness (QED) is 0.340. The lowest BCUT2D eigenvalue weighted by Gasteiger charge is -2.26. The third-order valence-corrected chi connectivity index (χ3v) is 3.93. The SMILES string of the molecule is O=C1NC(=O)N(c2ccc([N+](=O)[O-])cc2)C(=O)/C1=C/c1ccc(O)c([N+](=O)[O-])c1. The summed E-state index contributed by atoms with van der Waals surface area (Å²) >= 11 is 0. The smallest absolute Gasteiger partial charge is 0.335 e. The van der Waals surface area contributed by atoms with Crippen LogP contribution < -0.4 is 10.2 Å². The van der Waals surface area contributed by atoms with Crippen molar-refractivity contribution in [1.29, 1.82) is 0 Å². The van der Waals surface area contributed by atoms with Crippen molar-refractivity contribution in [3.05, 3.63) is 73.8 Å². The maximum atomic E-state index is 12.7. The highest BCUT2D eigenvalue weighted by atomic mass is 16.6. The monoisotopic (exact) mass is 398 g/mol. The predicted molar refractivity (Wildman–Crippen MR) is 96.9 cm³/mol. The molecule has 1 saturated heterocycles. The first-order valence-electron chi connectivity index (χ1n) is 7.82. The second kappa shape index (κ2) is 7.19. The van der Waals surface area contributed by atoms with E-state index in [1.807, 2.05) is 5.32 Å². The van der Waals surface area contributed by atoms with Gasteiger partial charge in [-0.3, -0.25) is 35.1 Å². The molecule has 2 aromatic rings. The van der Waals surface area contributed by atoms with E-state index in [9.17, 15) is 39.7 Å². The van der Waals surface area contributed by atoms with Gasteiger partial charge < -0.3 is 5.11 Å². The van der Waals surface area contributed by atoms with Gasteiger partial charge in [0.2, 0.25) is 0 Å². The molecule has 12 heteroatoms. The molecule has 146 valence electrons. The van der Waals surface area contributed by atoms with Gasteiger partial charge in [0.05, 0.1) is 15.5 Å². The third-order valence-electron chi connectivity index (χ3n) is 3.93. The van der Waals surface area contributed by atoms with Crippen molar-refractivity contribution in [3.63, 3.8) is 0 Å². The Balaban J connectivity index is 2.01. The van der Waals surface area contributed by atoms with Crippen molar-refractivity contribution < 1.29 is 29.3 Å². The first-order valence-corrected chi connectivity index (χ1v) is 7.82.